The molecule has 1 aliphatic heterocycles. The maximum atomic E-state index is 6.22. The van der Waals surface area contributed by atoms with Gasteiger partial charge in [0.05, 0.1) is 33.1 Å². The Morgan fingerprint density at radius 2 is 1.68 bits per heavy atom. The standard InChI is InChI=1S/C27H27N7O3/c1-35-22-12-17(13-23(36-2)25(22)37-3)21-14-20(33-24-26(28)30-15-31-27(24)34-21)16-5-4-6-19(11-16)32-18-7-9-29-10-8-18/h4-13,15,21H,14H2,1-3H3,(H,29,32)(H3,28,30,31,34). The zero-order valence-corrected chi connectivity index (χ0v) is 20.7. The molecule has 10 heteroatoms. The van der Waals surface area contributed by atoms with Gasteiger partial charge in [0.25, 0.3) is 0 Å². The van der Waals surface area contributed by atoms with Crippen molar-refractivity contribution in [2.24, 2.45) is 4.99 Å². The Hall–Kier alpha value is -4.86. The summed E-state index contributed by atoms with van der Waals surface area (Å²) >= 11 is 0. The lowest BCUT2D eigenvalue weighted by atomic mass is 9.96. The summed E-state index contributed by atoms with van der Waals surface area (Å²) in [5.74, 6) is 2.50. The fourth-order valence-electron chi connectivity index (χ4n) is 4.26. The zero-order chi connectivity index (χ0) is 25.8. The van der Waals surface area contributed by atoms with Gasteiger partial charge in [-0.2, -0.15) is 0 Å². The number of aromatic nitrogens is 3. The average molecular weight is 498 g/mol. The molecule has 10 nitrogen and oxygen atoms in total. The molecule has 1 aliphatic rings. The van der Waals surface area contributed by atoms with Crippen LogP contribution in [0.25, 0.3) is 0 Å². The van der Waals surface area contributed by atoms with E-state index in [1.54, 1.807) is 33.7 Å². The van der Waals surface area contributed by atoms with Gasteiger partial charge in [0, 0.05) is 30.2 Å². The van der Waals surface area contributed by atoms with E-state index in [9.17, 15) is 0 Å². The Labute approximate surface area is 214 Å². The molecule has 37 heavy (non-hydrogen) atoms. The van der Waals surface area contributed by atoms with Crippen molar-refractivity contribution in [1.82, 2.24) is 15.0 Å². The first kappa shape index (κ1) is 23.9. The highest BCUT2D eigenvalue weighted by Crippen LogP contribution is 2.43. The summed E-state index contributed by atoms with van der Waals surface area (Å²) in [7, 11) is 4.77. The van der Waals surface area contributed by atoms with Gasteiger partial charge in [-0.1, -0.05) is 12.1 Å². The van der Waals surface area contributed by atoms with E-state index in [0.29, 0.717) is 41.0 Å². The van der Waals surface area contributed by atoms with E-state index in [4.69, 9.17) is 24.9 Å². The van der Waals surface area contributed by atoms with Crippen molar-refractivity contribution >= 4 is 34.4 Å². The Bertz CT molecular complexity index is 1420. The molecule has 2 aromatic heterocycles. The van der Waals surface area contributed by atoms with Gasteiger partial charge < -0.3 is 30.6 Å². The van der Waals surface area contributed by atoms with Gasteiger partial charge >= 0.3 is 0 Å². The van der Waals surface area contributed by atoms with Crippen LogP contribution < -0.4 is 30.6 Å². The molecular formula is C27H27N7O3. The summed E-state index contributed by atoms with van der Waals surface area (Å²) in [6, 6.07) is 15.5. The van der Waals surface area contributed by atoms with E-state index < -0.39 is 0 Å². The van der Waals surface area contributed by atoms with Gasteiger partial charge in [-0.25, -0.2) is 15.0 Å². The quantitative estimate of drug-likeness (QED) is 0.326. The Morgan fingerprint density at radius 1 is 0.919 bits per heavy atom. The minimum Gasteiger partial charge on any atom is -0.493 e. The third kappa shape index (κ3) is 4.94. The monoisotopic (exact) mass is 497 g/mol. The number of pyridine rings is 1. The summed E-state index contributed by atoms with van der Waals surface area (Å²) in [6.45, 7) is 0. The number of nitrogen functional groups attached to an aromatic ring is 1. The van der Waals surface area contributed by atoms with Gasteiger partial charge in [0.1, 0.15) is 12.0 Å². The predicted molar refractivity (Wildman–Crippen MR) is 144 cm³/mol. The van der Waals surface area contributed by atoms with Gasteiger partial charge in [-0.3, -0.25) is 4.98 Å². The molecule has 1 atom stereocenters. The lowest BCUT2D eigenvalue weighted by Crippen LogP contribution is -2.15. The number of hydrogen-bond donors (Lipinski definition) is 3. The molecule has 0 bridgehead atoms. The topological polar surface area (TPSA) is 129 Å². The van der Waals surface area contributed by atoms with Crippen molar-refractivity contribution in [3.8, 4) is 17.2 Å². The van der Waals surface area contributed by atoms with Crippen molar-refractivity contribution in [3.05, 3.63) is 78.4 Å². The molecule has 188 valence electrons. The molecule has 0 radical (unpaired) electrons. The predicted octanol–water partition coefficient (Wildman–Crippen LogP) is 4.90. The molecular weight excluding hydrogens is 470 g/mol. The number of benzene rings is 2. The number of nitrogens with zero attached hydrogens (tertiary/aromatic N) is 4. The number of ether oxygens (including phenoxy) is 3. The number of hydrogen-bond acceptors (Lipinski definition) is 10. The van der Waals surface area contributed by atoms with Crippen molar-refractivity contribution in [1.29, 1.82) is 0 Å². The number of nitrogens with two attached hydrogens (primary N) is 1. The van der Waals surface area contributed by atoms with Crippen LogP contribution in [0, 0.1) is 0 Å². The lowest BCUT2D eigenvalue weighted by molar-refractivity contribution is 0.323. The average Bonchev–Trinajstić information content (AvgIpc) is 3.14. The smallest absolute Gasteiger partial charge is 0.203 e. The lowest BCUT2D eigenvalue weighted by Gasteiger charge is -2.21. The number of aliphatic imine (C=N–C) groups is 1. The Morgan fingerprint density at radius 3 is 2.38 bits per heavy atom. The third-order valence-corrected chi connectivity index (χ3v) is 6.06. The highest BCUT2D eigenvalue weighted by Gasteiger charge is 2.26. The summed E-state index contributed by atoms with van der Waals surface area (Å²) < 4.78 is 16.7. The van der Waals surface area contributed by atoms with Crippen molar-refractivity contribution in [2.45, 2.75) is 12.5 Å². The summed E-state index contributed by atoms with van der Waals surface area (Å²) in [6.07, 6.45) is 5.45. The van der Waals surface area contributed by atoms with E-state index in [1.165, 1.54) is 6.33 Å². The number of fused-ring (bicyclic) bond motifs is 1. The number of methoxy groups -OCH3 is 3. The van der Waals surface area contributed by atoms with Crippen LogP contribution in [0.1, 0.15) is 23.6 Å². The fraction of sp³-hybridized carbons (Fsp3) is 0.185. The van der Waals surface area contributed by atoms with Crippen molar-refractivity contribution in [2.75, 3.05) is 37.7 Å². The zero-order valence-electron chi connectivity index (χ0n) is 20.7. The normalized spacial score (nSPS) is 14.5. The molecule has 4 aromatic rings. The maximum Gasteiger partial charge on any atom is 0.203 e. The summed E-state index contributed by atoms with van der Waals surface area (Å²) in [5.41, 5.74) is 11.3. The molecule has 0 aliphatic carbocycles. The van der Waals surface area contributed by atoms with E-state index in [1.807, 2.05) is 42.5 Å². The first-order valence-corrected chi connectivity index (χ1v) is 11.6. The van der Waals surface area contributed by atoms with E-state index in [-0.39, 0.29) is 6.04 Å². The van der Waals surface area contributed by atoms with Crippen molar-refractivity contribution < 1.29 is 14.2 Å². The molecule has 0 saturated carbocycles. The SMILES string of the molecule is COc1cc(C2CC(c3cccc(Nc4ccncc4)c3)=Nc3c(N)ncnc3N2)cc(OC)c1OC. The molecule has 3 heterocycles. The van der Waals surface area contributed by atoms with Crippen LogP contribution in [0.4, 0.5) is 28.7 Å². The van der Waals surface area contributed by atoms with Gasteiger partial charge in [0.2, 0.25) is 5.75 Å². The number of nitrogens with one attached hydrogen (secondary N) is 2. The third-order valence-electron chi connectivity index (χ3n) is 6.06. The summed E-state index contributed by atoms with van der Waals surface area (Å²) in [4.78, 5) is 17.6. The van der Waals surface area contributed by atoms with E-state index in [0.717, 1.165) is 28.2 Å². The second-order valence-electron chi connectivity index (χ2n) is 8.32. The number of rotatable bonds is 7. The minimum absolute atomic E-state index is 0.222. The maximum absolute atomic E-state index is 6.22. The molecule has 0 fully saturated rings. The van der Waals surface area contributed by atoms with Crippen LogP contribution >= 0.6 is 0 Å². The minimum atomic E-state index is -0.222. The number of anilines is 4. The van der Waals surface area contributed by atoms with Crippen LogP contribution in [-0.4, -0.2) is 42.0 Å². The highest BCUT2D eigenvalue weighted by molar-refractivity contribution is 6.05. The van der Waals surface area contributed by atoms with Crippen LogP contribution in [0.2, 0.25) is 0 Å². The van der Waals surface area contributed by atoms with Gasteiger partial charge in [-0.15, -0.1) is 0 Å². The molecule has 2 aromatic carbocycles. The largest absolute Gasteiger partial charge is 0.493 e. The van der Waals surface area contributed by atoms with E-state index >= 15 is 0 Å². The second-order valence-corrected chi connectivity index (χ2v) is 8.32. The molecule has 1 unspecified atom stereocenters. The van der Waals surface area contributed by atoms with Gasteiger partial charge in [0.15, 0.2) is 23.1 Å². The van der Waals surface area contributed by atoms with Crippen LogP contribution in [0.5, 0.6) is 17.2 Å². The van der Waals surface area contributed by atoms with Crippen molar-refractivity contribution in [3.63, 3.8) is 0 Å². The summed E-state index contributed by atoms with van der Waals surface area (Å²) in [5, 5.41) is 6.90. The van der Waals surface area contributed by atoms with Gasteiger partial charge in [-0.05, 0) is 47.5 Å². The van der Waals surface area contributed by atoms with Crippen LogP contribution in [0.15, 0.2) is 72.2 Å². The van der Waals surface area contributed by atoms with Crippen LogP contribution in [0.3, 0.4) is 0 Å². The molecule has 0 saturated heterocycles. The molecule has 5 rings (SSSR count). The fourth-order valence-corrected chi connectivity index (χ4v) is 4.26. The molecule has 4 N–H and O–H groups in total. The van der Waals surface area contributed by atoms with E-state index in [2.05, 4.69) is 31.7 Å². The highest BCUT2D eigenvalue weighted by atomic mass is 16.5. The van der Waals surface area contributed by atoms with Crippen LogP contribution in [-0.2, 0) is 0 Å². The Kier molecular flexibility index (Phi) is 6.71. The Balaban J connectivity index is 1.58. The molecule has 0 spiro atoms. The second kappa shape index (κ2) is 10.4. The first-order valence-electron chi connectivity index (χ1n) is 11.6. The molecule has 0 amide bonds. The first-order chi connectivity index (χ1) is 18.1.